The first-order valence-corrected chi connectivity index (χ1v) is 0.548. The van der Waals surface area contributed by atoms with Gasteiger partial charge in [-0.1, -0.05) is 0 Å². The average Bonchev–Trinajstić information content (AvgIpc) is 0.811. The van der Waals surface area contributed by atoms with E-state index in [0.29, 0.717) is 0 Å². The topological polar surface area (TPSA) is 96.2 Å². The molecule has 0 radical (unpaired) electrons. The number of hydrogen-bond acceptors (Lipinski definition) is 4. The minimum Gasteiger partial charge on any atom is -0.870 e. The summed E-state index contributed by atoms with van der Waals surface area (Å²) in [6, 6.07) is 0. The molecule has 7 heavy (non-hydrogen) atoms. The zero-order chi connectivity index (χ0) is 3.58. The van der Waals surface area contributed by atoms with Crippen LogP contribution in [0.1, 0.15) is 0 Å². The van der Waals surface area contributed by atoms with Gasteiger partial charge in [0.2, 0.25) is 0 Å². The fourth-order valence-corrected chi connectivity index (χ4v) is 0. The molecule has 0 heterocycles. The largest absolute Gasteiger partial charge is 2.00 e. The van der Waals surface area contributed by atoms with Crippen molar-refractivity contribution in [3.8, 4) is 0 Å². The second-order valence-corrected chi connectivity index (χ2v) is 0.224. The molecule has 0 amide bonds. The van der Waals surface area contributed by atoms with Crippen molar-refractivity contribution in [3.05, 3.63) is 15.3 Å². The van der Waals surface area contributed by atoms with Gasteiger partial charge in [0.05, 0.1) is 5.09 Å². The van der Waals surface area contributed by atoms with Crippen LogP contribution in [0.3, 0.4) is 0 Å². The van der Waals surface area contributed by atoms with Crippen LogP contribution in [0.5, 0.6) is 0 Å². The van der Waals surface area contributed by atoms with Gasteiger partial charge in [0, 0.05) is 0 Å². The van der Waals surface area contributed by atoms with Crippen LogP contribution in [0.2, 0.25) is 0 Å². The van der Waals surface area contributed by atoms with Crippen molar-refractivity contribution in [1.82, 2.24) is 0 Å². The Morgan fingerprint density at radius 2 is 1.14 bits per heavy atom. The van der Waals surface area contributed by atoms with Crippen LogP contribution in [-0.4, -0.2) is 86.0 Å². The summed E-state index contributed by atoms with van der Waals surface area (Å²) in [6.45, 7) is 0. The molecule has 0 atom stereocenters. The van der Waals surface area contributed by atoms with Crippen LogP contribution in [0.4, 0.5) is 0 Å². The maximum atomic E-state index is 8.25. The molecule has 32 valence electrons. The molecule has 0 spiro atoms. The standard InChI is InChI=1S/2Ca.NO3.H2O/c;;2-1(3)4;/h;;;1H2/q2*+2;-1;/p-1. The molecule has 0 aromatic carbocycles. The van der Waals surface area contributed by atoms with Gasteiger partial charge in [-0.25, -0.2) is 0 Å². The molecular formula is HCa2NO4+2. The molecule has 0 aromatic heterocycles. The summed E-state index contributed by atoms with van der Waals surface area (Å²) >= 11 is 0. The summed E-state index contributed by atoms with van der Waals surface area (Å²) in [5.74, 6) is 0. The molecule has 0 bridgehead atoms. The third-order valence-corrected chi connectivity index (χ3v) is 0. The molecule has 0 saturated heterocycles. The first-order valence-electron chi connectivity index (χ1n) is 0.548. The predicted octanol–water partition coefficient (Wildman–Crippen LogP) is -1.18. The fourth-order valence-electron chi connectivity index (χ4n) is 0. The summed E-state index contributed by atoms with van der Waals surface area (Å²) in [5.41, 5.74) is 0. The van der Waals surface area contributed by atoms with E-state index in [1.807, 2.05) is 0 Å². The predicted molar refractivity (Wildman–Crippen MR) is 23.8 cm³/mol. The molecule has 0 aliphatic rings. The van der Waals surface area contributed by atoms with Crippen molar-refractivity contribution in [2.24, 2.45) is 0 Å². The monoisotopic (exact) mass is 159 g/mol. The van der Waals surface area contributed by atoms with E-state index in [1.165, 1.54) is 0 Å². The Morgan fingerprint density at radius 1 is 1.14 bits per heavy atom. The van der Waals surface area contributed by atoms with E-state index < -0.39 is 5.09 Å². The summed E-state index contributed by atoms with van der Waals surface area (Å²) < 4.78 is 0. The third-order valence-electron chi connectivity index (χ3n) is 0. The van der Waals surface area contributed by atoms with Crippen LogP contribution >= 0.6 is 0 Å². The second-order valence-electron chi connectivity index (χ2n) is 0.224. The Kier molecular flexibility index (Phi) is 52.2. The van der Waals surface area contributed by atoms with Gasteiger partial charge in [-0.15, -0.1) is 0 Å². The molecule has 7 heteroatoms. The Balaban J connectivity index is -0.0000000150. The third kappa shape index (κ3) is 87.8. The van der Waals surface area contributed by atoms with Crippen LogP contribution in [0.15, 0.2) is 0 Å². The van der Waals surface area contributed by atoms with E-state index in [4.69, 9.17) is 15.3 Å². The molecule has 0 aliphatic heterocycles. The second kappa shape index (κ2) is 15.6. The Morgan fingerprint density at radius 3 is 1.14 bits per heavy atom. The minimum absolute atomic E-state index is 0. The zero-order valence-corrected chi connectivity index (χ0v) is 7.95. The van der Waals surface area contributed by atoms with Crippen molar-refractivity contribution < 1.29 is 10.6 Å². The van der Waals surface area contributed by atoms with Crippen molar-refractivity contribution in [1.29, 1.82) is 0 Å². The Labute approximate surface area is 99.5 Å². The summed E-state index contributed by atoms with van der Waals surface area (Å²) in [4.78, 5) is 8.25. The minimum atomic E-state index is -1.75. The van der Waals surface area contributed by atoms with Crippen molar-refractivity contribution >= 4 is 75.5 Å². The van der Waals surface area contributed by atoms with E-state index in [9.17, 15) is 0 Å². The first-order chi connectivity index (χ1) is 1.73. The van der Waals surface area contributed by atoms with Crippen molar-refractivity contribution in [3.63, 3.8) is 0 Å². The molecule has 5 nitrogen and oxygen atoms in total. The zero-order valence-electron chi connectivity index (χ0n) is 3.53. The maximum absolute atomic E-state index is 8.25. The fraction of sp³-hybridized carbons (Fsp3) is 0. The SMILES string of the molecule is O=[N+]([O-])[O-].[Ca+2].[Ca+2].[OH-]. The summed E-state index contributed by atoms with van der Waals surface area (Å²) in [6.07, 6.45) is 0. The number of hydrogen-bond donors (Lipinski definition) is 0. The van der Waals surface area contributed by atoms with Crippen LogP contribution in [-0.2, 0) is 0 Å². The molecule has 0 aromatic rings. The number of rotatable bonds is 0. The normalized spacial score (nSPS) is 3.43. The van der Waals surface area contributed by atoms with Gasteiger partial charge >= 0.3 is 75.5 Å². The van der Waals surface area contributed by atoms with Crippen LogP contribution < -0.4 is 0 Å². The maximum Gasteiger partial charge on any atom is 2.00 e. The van der Waals surface area contributed by atoms with Crippen LogP contribution in [0, 0.1) is 15.3 Å². The molecule has 0 unspecified atom stereocenters. The van der Waals surface area contributed by atoms with E-state index in [2.05, 4.69) is 0 Å². The van der Waals surface area contributed by atoms with Gasteiger partial charge in [-0.2, -0.15) is 0 Å². The molecule has 1 N–H and O–H groups in total. The molecule has 0 saturated carbocycles. The van der Waals surface area contributed by atoms with Gasteiger partial charge in [0.15, 0.2) is 0 Å². The van der Waals surface area contributed by atoms with E-state index >= 15 is 0 Å². The van der Waals surface area contributed by atoms with Gasteiger partial charge in [-0.05, 0) is 0 Å². The van der Waals surface area contributed by atoms with Gasteiger partial charge in [0.1, 0.15) is 0 Å². The molecule has 0 rings (SSSR count). The summed E-state index contributed by atoms with van der Waals surface area (Å²) in [5, 5.41) is 14.8. The number of nitrogens with zero attached hydrogens (tertiary/aromatic N) is 1. The molecule has 0 fully saturated rings. The Hall–Kier alpha value is 1.68. The smallest absolute Gasteiger partial charge is 0.870 e. The first kappa shape index (κ1) is 23.4. The quantitative estimate of drug-likeness (QED) is 0.252. The van der Waals surface area contributed by atoms with Gasteiger partial charge < -0.3 is 20.8 Å². The van der Waals surface area contributed by atoms with Crippen molar-refractivity contribution in [2.45, 2.75) is 0 Å². The van der Waals surface area contributed by atoms with Crippen molar-refractivity contribution in [2.75, 3.05) is 0 Å². The summed E-state index contributed by atoms with van der Waals surface area (Å²) in [7, 11) is 0. The molecule has 0 aliphatic carbocycles. The van der Waals surface area contributed by atoms with E-state index in [1.54, 1.807) is 0 Å². The van der Waals surface area contributed by atoms with E-state index in [0.717, 1.165) is 0 Å². The van der Waals surface area contributed by atoms with E-state index in [-0.39, 0.29) is 81.0 Å². The average molecular weight is 159 g/mol. The van der Waals surface area contributed by atoms with Gasteiger partial charge in [0.25, 0.3) is 0 Å². The van der Waals surface area contributed by atoms with Gasteiger partial charge in [-0.3, -0.25) is 0 Å². The Bertz CT molecular complexity index is 32.7. The molecular weight excluding hydrogens is 158 g/mol. The van der Waals surface area contributed by atoms with Crippen LogP contribution in [0.25, 0.3) is 0 Å².